The van der Waals surface area contributed by atoms with Gasteiger partial charge in [0.05, 0.1) is 5.69 Å². The van der Waals surface area contributed by atoms with E-state index in [-0.39, 0.29) is 11.0 Å². The number of hydrogen-bond acceptors (Lipinski definition) is 3. The molecule has 0 spiro atoms. The van der Waals surface area contributed by atoms with Crippen LogP contribution >= 0.6 is 15.9 Å². The fourth-order valence-corrected chi connectivity index (χ4v) is 1.39. The molecule has 0 aliphatic rings. The number of nitrogen functional groups attached to an aromatic ring is 1. The average Bonchev–Trinajstić information content (AvgIpc) is 2.13. The van der Waals surface area contributed by atoms with Crippen LogP contribution in [0.15, 0.2) is 6.07 Å². The molecule has 0 aliphatic carbocycles. The van der Waals surface area contributed by atoms with E-state index in [1.807, 2.05) is 0 Å². The molecule has 9 heteroatoms. The molecule has 0 radical (unpaired) electrons. The number of nitrogens with zero attached hydrogens (tertiary/aromatic N) is 1. The molecule has 96 valence electrons. The van der Waals surface area contributed by atoms with E-state index in [0.717, 1.165) is 6.07 Å². The van der Waals surface area contributed by atoms with Crippen LogP contribution < -0.4 is 10.5 Å². The lowest BCUT2D eigenvalue weighted by Crippen LogP contribution is -2.19. The maximum Gasteiger partial charge on any atom is 0.573 e. The molecule has 17 heavy (non-hydrogen) atoms. The Bertz CT molecular complexity index is 410. The number of nitrogens with two attached hydrogens (primary N) is 1. The summed E-state index contributed by atoms with van der Waals surface area (Å²) in [5.41, 5.74) is 4.16. The minimum Gasteiger partial charge on any atom is -0.405 e. The van der Waals surface area contributed by atoms with Crippen molar-refractivity contribution < 1.29 is 26.7 Å². The van der Waals surface area contributed by atoms with Gasteiger partial charge in [-0.05, 0) is 0 Å². The number of halogens is 6. The maximum atomic E-state index is 12.5. The van der Waals surface area contributed by atoms with Gasteiger partial charge in [-0.25, -0.2) is 13.8 Å². The highest BCUT2D eigenvalue weighted by molar-refractivity contribution is 9.08. The Morgan fingerprint density at radius 3 is 2.41 bits per heavy atom. The molecule has 1 rings (SSSR count). The number of ether oxygens (including phenoxy) is 1. The van der Waals surface area contributed by atoms with Crippen LogP contribution in [0.3, 0.4) is 0 Å². The van der Waals surface area contributed by atoms with Crippen molar-refractivity contribution in [2.75, 3.05) is 5.73 Å². The van der Waals surface area contributed by atoms with Crippen molar-refractivity contribution in [3.63, 3.8) is 0 Å². The molecule has 0 atom stereocenters. The highest BCUT2D eigenvalue weighted by Crippen LogP contribution is 2.36. The molecule has 1 aromatic heterocycles. The van der Waals surface area contributed by atoms with E-state index in [1.165, 1.54) is 0 Å². The SMILES string of the molecule is Nc1nc(CBr)cc(OC(F)(F)F)c1C(F)F. The predicted octanol–water partition coefficient (Wildman–Crippen LogP) is 3.39. The second-order valence-corrected chi connectivity index (χ2v) is 3.45. The topological polar surface area (TPSA) is 48.1 Å². The van der Waals surface area contributed by atoms with Crippen LogP contribution in [-0.4, -0.2) is 11.3 Å². The number of alkyl halides is 6. The Hall–Kier alpha value is -1.12. The molecule has 1 aromatic rings. The Labute approximate surface area is 101 Å². The van der Waals surface area contributed by atoms with Gasteiger partial charge in [-0.2, -0.15) is 0 Å². The number of aromatic nitrogens is 1. The smallest absolute Gasteiger partial charge is 0.405 e. The van der Waals surface area contributed by atoms with Crippen LogP contribution in [0.5, 0.6) is 5.75 Å². The molecule has 0 bridgehead atoms. The predicted molar refractivity (Wildman–Crippen MR) is 52.9 cm³/mol. The highest BCUT2D eigenvalue weighted by Gasteiger charge is 2.34. The molecule has 1 heterocycles. The summed E-state index contributed by atoms with van der Waals surface area (Å²) < 4.78 is 64.6. The van der Waals surface area contributed by atoms with Crippen LogP contribution in [0.1, 0.15) is 17.7 Å². The molecule has 0 fully saturated rings. The van der Waals surface area contributed by atoms with Crippen LogP contribution in [-0.2, 0) is 5.33 Å². The van der Waals surface area contributed by atoms with Gasteiger partial charge in [0.1, 0.15) is 17.1 Å². The standard InChI is InChI=1S/C8H6BrF5N2O/c9-2-3-1-4(17-8(12,13)14)5(6(10)11)7(15)16-3/h1,6H,2H2,(H2,15,16). The summed E-state index contributed by atoms with van der Waals surface area (Å²) in [4.78, 5) is 3.51. The van der Waals surface area contributed by atoms with Gasteiger partial charge in [0, 0.05) is 11.4 Å². The van der Waals surface area contributed by atoms with E-state index in [0.29, 0.717) is 0 Å². The van der Waals surface area contributed by atoms with Gasteiger partial charge >= 0.3 is 6.36 Å². The average molecular weight is 321 g/mol. The fraction of sp³-hybridized carbons (Fsp3) is 0.375. The van der Waals surface area contributed by atoms with Gasteiger partial charge in [0.2, 0.25) is 0 Å². The minimum atomic E-state index is -5.07. The lowest BCUT2D eigenvalue weighted by molar-refractivity contribution is -0.275. The van der Waals surface area contributed by atoms with Crippen molar-refractivity contribution in [3.8, 4) is 5.75 Å². The molecule has 0 amide bonds. The van der Waals surface area contributed by atoms with Crippen molar-refractivity contribution in [2.24, 2.45) is 0 Å². The Kier molecular flexibility index (Phi) is 4.12. The van der Waals surface area contributed by atoms with Gasteiger partial charge in [-0.15, -0.1) is 13.2 Å². The van der Waals surface area contributed by atoms with E-state index in [2.05, 4.69) is 25.7 Å². The first-order chi connectivity index (χ1) is 7.74. The second-order valence-electron chi connectivity index (χ2n) is 2.89. The van der Waals surface area contributed by atoms with Gasteiger partial charge in [-0.3, -0.25) is 0 Å². The summed E-state index contributed by atoms with van der Waals surface area (Å²) in [7, 11) is 0. The molecule has 0 saturated carbocycles. The van der Waals surface area contributed by atoms with Crippen molar-refractivity contribution >= 4 is 21.7 Å². The van der Waals surface area contributed by atoms with Gasteiger partial charge < -0.3 is 10.5 Å². The molecule has 0 saturated heterocycles. The summed E-state index contributed by atoms with van der Waals surface area (Å²) in [6, 6.07) is 0.764. The molecule has 0 unspecified atom stereocenters. The number of pyridine rings is 1. The third-order valence-electron chi connectivity index (χ3n) is 1.68. The van der Waals surface area contributed by atoms with E-state index < -0.39 is 29.9 Å². The molecule has 0 aliphatic heterocycles. The van der Waals surface area contributed by atoms with Crippen molar-refractivity contribution in [1.82, 2.24) is 4.98 Å². The number of anilines is 1. The molecule has 3 nitrogen and oxygen atoms in total. The van der Waals surface area contributed by atoms with Crippen molar-refractivity contribution in [3.05, 3.63) is 17.3 Å². The zero-order valence-corrected chi connectivity index (χ0v) is 9.65. The van der Waals surface area contributed by atoms with Gasteiger partial charge in [0.25, 0.3) is 6.43 Å². The zero-order chi connectivity index (χ0) is 13.2. The minimum absolute atomic E-state index is 0.0613. The monoisotopic (exact) mass is 320 g/mol. The summed E-state index contributed by atoms with van der Waals surface area (Å²) in [5.74, 6) is -1.72. The normalized spacial score (nSPS) is 11.9. The largest absolute Gasteiger partial charge is 0.573 e. The first-order valence-corrected chi connectivity index (χ1v) is 5.26. The van der Waals surface area contributed by atoms with E-state index >= 15 is 0 Å². The Morgan fingerprint density at radius 1 is 1.41 bits per heavy atom. The molecule has 2 N–H and O–H groups in total. The first-order valence-electron chi connectivity index (χ1n) is 4.13. The fourth-order valence-electron chi connectivity index (χ4n) is 1.10. The third kappa shape index (κ3) is 3.69. The maximum absolute atomic E-state index is 12.5. The number of rotatable bonds is 3. The summed E-state index contributed by atoms with van der Waals surface area (Å²) in [6.45, 7) is 0. The van der Waals surface area contributed by atoms with Crippen LogP contribution in [0.25, 0.3) is 0 Å². The lowest BCUT2D eigenvalue weighted by Gasteiger charge is -2.15. The summed E-state index contributed by atoms with van der Waals surface area (Å²) >= 11 is 2.92. The Morgan fingerprint density at radius 2 is 2.00 bits per heavy atom. The van der Waals surface area contributed by atoms with Crippen LogP contribution in [0.2, 0.25) is 0 Å². The summed E-state index contributed by atoms with van der Waals surface area (Å²) in [6.07, 6.45) is -8.27. The highest BCUT2D eigenvalue weighted by atomic mass is 79.9. The lowest BCUT2D eigenvalue weighted by atomic mass is 10.2. The summed E-state index contributed by atoms with van der Waals surface area (Å²) in [5, 5.41) is 0.0644. The second kappa shape index (κ2) is 5.03. The van der Waals surface area contributed by atoms with Gasteiger partial charge in [-0.1, -0.05) is 15.9 Å². The van der Waals surface area contributed by atoms with E-state index in [9.17, 15) is 22.0 Å². The van der Waals surface area contributed by atoms with Gasteiger partial charge in [0.15, 0.2) is 0 Å². The van der Waals surface area contributed by atoms with E-state index in [4.69, 9.17) is 5.73 Å². The molecular formula is C8H6BrF5N2O. The quantitative estimate of drug-likeness (QED) is 0.686. The van der Waals surface area contributed by atoms with Crippen molar-refractivity contribution in [2.45, 2.75) is 18.1 Å². The van der Waals surface area contributed by atoms with Crippen LogP contribution in [0, 0.1) is 0 Å². The van der Waals surface area contributed by atoms with Crippen LogP contribution in [0.4, 0.5) is 27.8 Å². The van der Waals surface area contributed by atoms with Crippen molar-refractivity contribution in [1.29, 1.82) is 0 Å². The van der Waals surface area contributed by atoms with E-state index in [1.54, 1.807) is 0 Å². The molecule has 0 aromatic carbocycles. The Balaban J connectivity index is 3.27. The molecular weight excluding hydrogens is 315 g/mol. The zero-order valence-electron chi connectivity index (χ0n) is 8.06. The number of hydrogen-bond donors (Lipinski definition) is 1. The first kappa shape index (κ1) is 13.9. The third-order valence-corrected chi connectivity index (χ3v) is 2.26.